The normalized spacial score (nSPS) is 18.1. The number of carbonyl (C=O) groups excluding carboxylic acids is 1. The Morgan fingerprint density at radius 3 is 2.61 bits per heavy atom. The fourth-order valence-electron chi connectivity index (χ4n) is 4.16. The maximum Gasteiger partial charge on any atom is 0.484 e. The molecule has 1 aromatic heterocycles. The van der Waals surface area contributed by atoms with Crippen LogP contribution in [0.15, 0.2) is 67.0 Å². The quantitative estimate of drug-likeness (QED) is 0.265. The summed E-state index contributed by atoms with van der Waals surface area (Å²) in [7, 11) is 3.14. The van der Waals surface area contributed by atoms with Crippen molar-refractivity contribution in [1.82, 2.24) is 9.88 Å². The Morgan fingerprint density at radius 1 is 1.12 bits per heavy atom. The molecule has 0 amide bonds. The number of ether oxygens (including phenoxy) is 3. The minimum absolute atomic E-state index is 0.0218. The van der Waals surface area contributed by atoms with Gasteiger partial charge < -0.3 is 19.0 Å². The van der Waals surface area contributed by atoms with Crippen LogP contribution in [0.3, 0.4) is 0 Å². The monoisotopic (exact) mass is 447 g/mol. The highest BCUT2D eigenvalue weighted by molar-refractivity contribution is 5.71. The lowest BCUT2D eigenvalue weighted by Crippen LogP contribution is -2.33. The lowest BCUT2D eigenvalue weighted by Gasteiger charge is -2.30. The van der Waals surface area contributed by atoms with Crippen LogP contribution in [0.2, 0.25) is 0 Å². The number of esters is 1. The molecule has 0 saturated carbocycles. The van der Waals surface area contributed by atoms with Gasteiger partial charge in [0, 0.05) is 24.5 Å². The summed E-state index contributed by atoms with van der Waals surface area (Å²) >= 11 is 0. The molecule has 0 spiro atoms. The average Bonchev–Trinajstić information content (AvgIpc) is 3.63. The fourth-order valence-corrected chi connectivity index (χ4v) is 4.16. The molecule has 3 atom stereocenters. The molecule has 1 aliphatic rings. The van der Waals surface area contributed by atoms with Crippen molar-refractivity contribution in [2.45, 2.75) is 45.2 Å². The van der Waals surface area contributed by atoms with Gasteiger partial charge in [0.1, 0.15) is 24.5 Å². The Morgan fingerprint density at radius 2 is 1.91 bits per heavy atom. The van der Waals surface area contributed by atoms with E-state index in [9.17, 15) is 4.79 Å². The molecule has 1 saturated heterocycles. The predicted molar refractivity (Wildman–Crippen MR) is 128 cm³/mol. The molecule has 172 valence electrons. The Bertz CT molecular complexity index is 1100. The third kappa shape index (κ3) is 5.41. The first-order valence-corrected chi connectivity index (χ1v) is 11.1. The maximum atomic E-state index is 10.4. The Labute approximate surface area is 195 Å². The molecule has 3 unspecified atom stereocenters. The van der Waals surface area contributed by atoms with Crippen LogP contribution < -0.4 is 4.74 Å². The van der Waals surface area contributed by atoms with Gasteiger partial charge in [-0.1, -0.05) is 42.0 Å². The first kappa shape index (κ1) is 23.0. The van der Waals surface area contributed by atoms with Crippen LogP contribution in [0.25, 0.3) is 0 Å². The van der Waals surface area contributed by atoms with Crippen molar-refractivity contribution in [2.75, 3.05) is 14.2 Å². The largest absolute Gasteiger partial charge is 0.497 e. The second-order valence-electron chi connectivity index (χ2n) is 8.43. The third-order valence-electron chi connectivity index (χ3n) is 6.15. The second-order valence-corrected chi connectivity index (χ2v) is 8.43. The number of hydrogen-bond donors (Lipinski definition) is 0. The highest BCUT2D eigenvalue weighted by Crippen LogP contribution is 2.46. The van der Waals surface area contributed by atoms with E-state index in [0.29, 0.717) is 13.0 Å². The van der Waals surface area contributed by atoms with Crippen molar-refractivity contribution in [3.63, 3.8) is 0 Å². The number of epoxide rings is 1. The lowest BCUT2D eigenvalue weighted by atomic mass is 9.99. The van der Waals surface area contributed by atoms with Gasteiger partial charge in [0.15, 0.2) is 7.11 Å². The van der Waals surface area contributed by atoms with E-state index in [1.54, 1.807) is 13.3 Å². The zero-order valence-electron chi connectivity index (χ0n) is 19.6. The molecule has 1 fully saturated rings. The van der Waals surface area contributed by atoms with E-state index in [0.717, 1.165) is 22.4 Å². The van der Waals surface area contributed by atoms with Crippen LogP contribution in [0, 0.1) is 13.8 Å². The van der Waals surface area contributed by atoms with Gasteiger partial charge in [0.05, 0.1) is 13.2 Å². The molecule has 4 rings (SSSR count). The van der Waals surface area contributed by atoms with Gasteiger partial charge in [0.25, 0.3) is 0 Å². The van der Waals surface area contributed by atoms with E-state index >= 15 is 0 Å². The third-order valence-corrected chi connectivity index (χ3v) is 6.15. The zero-order chi connectivity index (χ0) is 23.4. The van der Waals surface area contributed by atoms with Gasteiger partial charge in [-0.15, -0.1) is 0 Å². The molecule has 2 aromatic carbocycles. The first-order valence-electron chi connectivity index (χ1n) is 11.1. The summed E-state index contributed by atoms with van der Waals surface area (Å²) in [4.78, 5) is 17.0. The standard InChI is InChI=1S/C27H30N2O4/c1-18-8-10-20(11-9-18)17-29(27-26(33-27)23-16-28-13-12-19(23)2)24(15-25(30)32-4)21-6-5-7-22(14-21)31-3/h5-14,16,24,26-27H,15,17H2,1-4H3/p+1. The van der Waals surface area contributed by atoms with E-state index in [2.05, 4.69) is 48.0 Å². The molecular weight excluding hydrogens is 416 g/mol. The maximum absolute atomic E-state index is 10.4. The zero-order valence-corrected chi connectivity index (χ0v) is 19.6. The average molecular weight is 448 g/mol. The molecule has 3 aromatic rings. The summed E-state index contributed by atoms with van der Waals surface area (Å²) in [5.74, 6) is 0.743. The van der Waals surface area contributed by atoms with E-state index in [-0.39, 0.29) is 24.3 Å². The van der Waals surface area contributed by atoms with Crippen LogP contribution in [0.5, 0.6) is 5.75 Å². The topological polar surface area (TPSA) is 68.5 Å². The molecular formula is C27H31N2O4+. The highest BCUT2D eigenvalue weighted by Gasteiger charge is 2.49. The molecule has 6 nitrogen and oxygen atoms in total. The minimum Gasteiger partial charge on any atom is -0.497 e. The summed E-state index contributed by atoms with van der Waals surface area (Å²) in [5.41, 5.74) is 5.63. The minimum atomic E-state index is -0.187. The van der Waals surface area contributed by atoms with Crippen molar-refractivity contribution in [3.05, 3.63) is 94.8 Å². The van der Waals surface area contributed by atoms with Crippen LogP contribution >= 0.6 is 0 Å². The van der Waals surface area contributed by atoms with E-state index < -0.39 is 0 Å². The number of rotatable bonds is 9. The van der Waals surface area contributed by atoms with Gasteiger partial charge in [0.2, 0.25) is 0 Å². The van der Waals surface area contributed by atoms with Crippen LogP contribution in [0.4, 0.5) is 0 Å². The molecule has 1 aliphatic heterocycles. The molecule has 1 N–H and O–H groups in total. The fraction of sp³-hybridized carbons (Fsp3) is 0.333. The molecule has 0 radical (unpaired) electrons. The smallest absolute Gasteiger partial charge is 0.484 e. The second kappa shape index (κ2) is 10.1. The van der Waals surface area contributed by atoms with Gasteiger partial charge in [-0.25, -0.2) is 0 Å². The summed E-state index contributed by atoms with van der Waals surface area (Å²) in [6.07, 6.45) is 3.75. The SMILES string of the molecule is COC(=[OH+])CC(c1cccc(OC)c1)N(Cc1ccc(C)cc1)C1OC1c1cnccc1C. The Kier molecular flexibility index (Phi) is 7.06. The van der Waals surface area contributed by atoms with E-state index in [1.807, 2.05) is 36.5 Å². The Balaban J connectivity index is 1.72. The number of methoxy groups -OCH3 is 2. The van der Waals surface area contributed by atoms with Crippen molar-refractivity contribution in [2.24, 2.45) is 0 Å². The number of pyridine rings is 1. The number of aryl methyl sites for hydroxylation is 2. The van der Waals surface area contributed by atoms with Gasteiger partial charge in [-0.3, -0.25) is 9.88 Å². The number of nitrogens with zero attached hydrogens (tertiary/aromatic N) is 2. The molecule has 2 heterocycles. The van der Waals surface area contributed by atoms with Crippen molar-refractivity contribution < 1.29 is 19.0 Å². The number of aromatic nitrogens is 1. The van der Waals surface area contributed by atoms with Gasteiger partial charge >= 0.3 is 5.97 Å². The van der Waals surface area contributed by atoms with E-state index in [4.69, 9.17) is 14.2 Å². The van der Waals surface area contributed by atoms with Gasteiger partial charge in [-0.05, 0) is 48.7 Å². The van der Waals surface area contributed by atoms with E-state index in [1.165, 1.54) is 18.2 Å². The predicted octanol–water partition coefficient (Wildman–Crippen LogP) is 4.89. The Hall–Kier alpha value is -3.22. The van der Waals surface area contributed by atoms with Crippen molar-refractivity contribution in [3.8, 4) is 5.75 Å². The molecule has 0 aliphatic carbocycles. The number of hydrogen-bond acceptors (Lipinski definition) is 5. The molecule has 0 bridgehead atoms. The van der Waals surface area contributed by atoms with Crippen molar-refractivity contribution in [1.29, 1.82) is 0 Å². The summed E-state index contributed by atoms with van der Waals surface area (Å²) in [6.45, 7) is 4.81. The summed E-state index contributed by atoms with van der Waals surface area (Å²) in [6, 6.07) is 18.2. The summed E-state index contributed by atoms with van der Waals surface area (Å²) in [5, 5.41) is 0. The number of benzene rings is 2. The van der Waals surface area contributed by atoms with Crippen molar-refractivity contribution >= 4 is 5.97 Å². The molecule has 33 heavy (non-hydrogen) atoms. The highest BCUT2D eigenvalue weighted by atomic mass is 16.6. The van der Waals surface area contributed by atoms with Gasteiger partial charge in [-0.2, -0.15) is 0 Å². The first-order chi connectivity index (χ1) is 16.0. The summed E-state index contributed by atoms with van der Waals surface area (Å²) < 4.78 is 16.9. The molecule has 6 heteroatoms. The lowest BCUT2D eigenvalue weighted by molar-refractivity contribution is 0.111. The van der Waals surface area contributed by atoms with Crippen LogP contribution in [-0.2, 0) is 16.0 Å². The van der Waals surface area contributed by atoms with Crippen LogP contribution in [-0.4, -0.2) is 41.1 Å². The van der Waals surface area contributed by atoms with Crippen LogP contribution in [0.1, 0.15) is 46.4 Å².